The normalized spacial score (nSPS) is 12.2. The number of rotatable bonds is 3. The minimum atomic E-state index is -0.316. The van der Waals surface area contributed by atoms with Crippen LogP contribution in [0.1, 0.15) is 34.8 Å². The molecule has 0 spiro atoms. The van der Waals surface area contributed by atoms with Crippen LogP contribution in [0.2, 0.25) is 5.15 Å². The van der Waals surface area contributed by atoms with Crippen molar-refractivity contribution in [2.45, 2.75) is 19.9 Å². The number of furan rings is 1. The van der Waals surface area contributed by atoms with E-state index in [0.717, 1.165) is 5.76 Å². The van der Waals surface area contributed by atoms with Crippen molar-refractivity contribution in [2.75, 3.05) is 5.73 Å². The van der Waals surface area contributed by atoms with Gasteiger partial charge < -0.3 is 15.5 Å². The zero-order valence-corrected chi connectivity index (χ0v) is 11.4. The van der Waals surface area contributed by atoms with Gasteiger partial charge in [0.1, 0.15) is 16.7 Å². The second-order valence-electron chi connectivity index (χ2n) is 4.24. The Balaban J connectivity index is 2.15. The Bertz CT molecular complexity index is 610. The van der Waals surface area contributed by atoms with Crippen LogP contribution in [0.3, 0.4) is 0 Å². The molecule has 6 heteroatoms. The van der Waals surface area contributed by atoms with Crippen molar-refractivity contribution in [3.05, 3.63) is 46.6 Å². The van der Waals surface area contributed by atoms with Crippen LogP contribution in [0.5, 0.6) is 0 Å². The zero-order chi connectivity index (χ0) is 14.0. The number of amides is 1. The molecule has 5 nitrogen and oxygen atoms in total. The van der Waals surface area contributed by atoms with Gasteiger partial charge in [-0.2, -0.15) is 0 Å². The van der Waals surface area contributed by atoms with Crippen LogP contribution in [0.25, 0.3) is 0 Å². The SMILES string of the molecule is Cc1ccc(C(C)NC(=O)c2cc(Cl)ncc2N)o1. The molecule has 3 N–H and O–H groups in total. The molecule has 0 radical (unpaired) electrons. The summed E-state index contributed by atoms with van der Waals surface area (Å²) in [6.07, 6.45) is 1.36. The number of anilines is 1. The molecule has 0 aliphatic heterocycles. The van der Waals surface area contributed by atoms with Gasteiger partial charge in [-0.15, -0.1) is 0 Å². The van der Waals surface area contributed by atoms with Crippen LogP contribution in [0.4, 0.5) is 5.69 Å². The first-order valence-corrected chi connectivity index (χ1v) is 6.13. The molecule has 0 aliphatic rings. The minimum absolute atomic E-state index is 0.223. The first kappa shape index (κ1) is 13.4. The molecule has 19 heavy (non-hydrogen) atoms. The third-order valence-electron chi connectivity index (χ3n) is 2.68. The quantitative estimate of drug-likeness (QED) is 0.847. The second-order valence-corrected chi connectivity index (χ2v) is 4.63. The second kappa shape index (κ2) is 5.32. The number of halogens is 1. The Labute approximate surface area is 115 Å². The topological polar surface area (TPSA) is 81.2 Å². The highest BCUT2D eigenvalue weighted by Gasteiger charge is 2.16. The van der Waals surface area contributed by atoms with Crippen molar-refractivity contribution < 1.29 is 9.21 Å². The fraction of sp³-hybridized carbons (Fsp3) is 0.231. The van der Waals surface area contributed by atoms with Gasteiger partial charge in [-0.3, -0.25) is 4.79 Å². The highest BCUT2D eigenvalue weighted by molar-refractivity contribution is 6.29. The third-order valence-corrected chi connectivity index (χ3v) is 2.89. The summed E-state index contributed by atoms with van der Waals surface area (Å²) in [6, 6.07) is 4.85. The van der Waals surface area contributed by atoms with E-state index in [0.29, 0.717) is 11.3 Å². The Morgan fingerprint density at radius 1 is 1.53 bits per heavy atom. The Morgan fingerprint density at radius 2 is 2.26 bits per heavy atom. The van der Waals surface area contributed by atoms with Gasteiger partial charge in [0.15, 0.2) is 0 Å². The number of carbonyl (C=O) groups is 1. The number of nitrogens with one attached hydrogen (secondary N) is 1. The number of carbonyl (C=O) groups excluding carboxylic acids is 1. The maximum Gasteiger partial charge on any atom is 0.254 e. The molecule has 2 rings (SSSR count). The summed E-state index contributed by atoms with van der Waals surface area (Å²) in [4.78, 5) is 15.9. The standard InChI is InChI=1S/C13H14ClN3O2/c1-7-3-4-11(19-7)8(2)17-13(18)9-5-12(14)16-6-10(9)15/h3-6,8H,15H2,1-2H3,(H,17,18). The molecule has 100 valence electrons. The van der Waals surface area contributed by atoms with Gasteiger partial charge >= 0.3 is 0 Å². The molecule has 2 aromatic heterocycles. The summed E-state index contributed by atoms with van der Waals surface area (Å²) >= 11 is 5.75. The lowest BCUT2D eigenvalue weighted by molar-refractivity contribution is 0.0936. The molecular weight excluding hydrogens is 266 g/mol. The van der Waals surface area contributed by atoms with Crippen LogP contribution >= 0.6 is 11.6 Å². The number of aromatic nitrogens is 1. The van der Waals surface area contributed by atoms with Crippen molar-refractivity contribution >= 4 is 23.2 Å². The maximum absolute atomic E-state index is 12.1. The van der Waals surface area contributed by atoms with E-state index in [9.17, 15) is 4.79 Å². The van der Waals surface area contributed by atoms with Crippen molar-refractivity contribution in [1.82, 2.24) is 10.3 Å². The van der Waals surface area contributed by atoms with Crippen molar-refractivity contribution in [3.63, 3.8) is 0 Å². The lowest BCUT2D eigenvalue weighted by atomic mass is 10.2. The van der Waals surface area contributed by atoms with Crippen molar-refractivity contribution in [2.24, 2.45) is 0 Å². The zero-order valence-electron chi connectivity index (χ0n) is 10.6. The smallest absolute Gasteiger partial charge is 0.254 e. The number of nitrogen functional groups attached to an aromatic ring is 1. The van der Waals surface area contributed by atoms with E-state index in [-0.39, 0.29) is 22.8 Å². The molecule has 0 aromatic carbocycles. The maximum atomic E-state index is 12.1. The molecule has 0 bridgehead atoms. The Hall–Kier alpha value is -2.01. The fourth-order valence-electron chi connectivity index (χ4n) is 1.67. The lowest BCUT2D eigenvalue weighted by Gasteiger charge is -2.12. The predicted octanol–water partition coefficient (Wildman–Crippen LogP) is 2.71. The largest absolute Gasteiger partial charge is 0.464 e. The molecule has 0 saturated heterocycles. The average molecular weight is 280 g/mol. The predicted molar refractivity (Wildman–Crippen MR) is 73.0 cm³/mol. The summed E-state index contributed by atoms with van der Waals surface area (Å²) in [5, 5.41) is 3.02. The lowest BCUT2D eigenvalue weighted by Crippen LogP contribution is -2.27. The highest BCUT2D eigenvalue weighted by atomic mass is 35.5. The van der Waals surface area contributed by atoms with Gasteiger partial charge in [0.2, 0.25) is 0 Å². The van der Waals surface area contributed by atoms with Gasteiger partial charge in [-0.05, 0) is 32.0 Å². The highest BCUT2D eigenvalue weighted by Crippen LogP contribution is 2.19. The van der Waals surface area contributed by atoms with E-state index >= 15 is 0 Å². The molecule has 1 amide bonds. The molecular formula is C13H14ClN3O2. The Morgan fingerprint density at radius 3 is 2.89 bits per heavy atom. The van der Waals surface area contributed by atoms with Crippen LogP contribution < -0.4 is 11.1 Å². The number of nitrogens with two attached hydrogens (primary N) is 1. The van der Waals surface area contributed by atoms with Gasteiger partial charge in [0, 0.05) is 0 Å². The molecule has 0 aliphatic carbocycles. The first-order valence-electron chi connectivity index (χ1n) is 5.75. The van der Waals surface area contributed by atoms with Gasteiger partial charge in [0.05, 0.1) is 23.5 Å². The number of nitrogens with zero attached hydrogens (tertiary/aromatic N) is 1. The molecule has 2 heterocycles. The van der Waals surface area contributed by atoms with E-state index in [4.69, 9.17) is 21.8 Å². The summed E-state index contributed by atoms with van der Waals surface area (Å²) in [5.74, 6) is 1.16. The van der Waals surface area contributed by atoms with Crippen LogP contribution in [-0.2, 0) is 0 Å². The van der Waals surface area contributed by atoms with E-state index in [2.05, 4.69) is 10.3 Å². The van der Waals surface area contributed by atoms with E-state index in [1.54, 1.807) is 0 Å². The van der Waals surface area contributed by atoms with Crippen molar-refractivity contribution in [1.29, 1.82) is 0 Å². The monoisotopic (exact) mass is 279 g/mol. The van der Waals surface area contributed by atoms with Crippen LogP contribution in [0, 0.1) is 6.92 Å². The van der Waals surface area contributed by atoms with Crippen LogP contribution in [0.15, 0.2) is 28.8 Å². The summed E-state index contributed by atoms with van der Waals surface area (Å²) in [6.45, 7) is 3.67. The molecule has 2 aromatic rings. The van der Waals surface area contributed by atoms with E-state index in [1.807, 2.05) is 26.0 Å². The van der Waals surface area contributed by atoms with Crippen molar-refractivity contribution in [3.8, 4) is 0 Å². The first-order chi connectivity index (χ1) is 8.97. The summed E-state index contributed by atoms with van der Waals surface area (Å²) in [7, 11) is 0. The number of pyridine rings is 1. The molecule has 1 atom stereocenters. The van der Waals surface area contributed by atoms with Gasteiger partial charge in [-0.25, -0.2) is 4.98 Å². The summed E-state index contributed by atoms with van der Waals surface area (Å²) < 4.78 is 5.45. The third kappa shape index (κ3) is 3.06. The Kier molecular flexibility index (Phi) is 3.76. The van der Waals surface area contributed by atoms with Gasteiger partial charge in [-0.1, -0.05) is 11.6 Å². The number of hydrogen-bond acceptors (Lipinski definition) is 4. The molecule has 1 unspecified atom stereocenters. The number of hydrogen-bond donors (Lipinski definition) is 2. The summed E-state index contributed by atoms with van der Waals surface area (Å²) in [5.41, 5.74) is 6.29. The van der Waals surface area contributed by atoms with E-state index in [1.165, 1.54) is 12.3 Å². The van der Waals surface area contributed by atoms with Gasteiger partial charge in [0.25, 0.3) is 5.91 Å². The van der Waals surface area contributed by atoms with Crippen LogP contribution in [-0.4, -0.2) is 10.9 Å². The number of aryl methyl sites for hydroxylation is 1. The molecule has 0 fully saturated rings. The average Bonchev–Trinajstić information content (AvgIpc) is 2.79. The van der Waals surface area contributed by atoms with E-state index < -0.39 is 0 Å². The fourth-order valence-corrected chi connectivity index (χ4v) is 1.83. The molecule has 0 saturated carbocycles. The minimum Gasteiger partial charge on any atom is -0.464 e.